The lowest BCUT2D eigenvalue weighted by Gasteiger charge is -2.37. The lowest BCUT2D eigenvalue weighted by atomic mass is 9.92. The Balaban J connectivity index is 1.91. The number of hydrogen-bond donors (Lipinski definition) is 5. The molecule has 2 aromatic rings. The number of aromatic nitrogens is 4. The summed E-state index contributed by atoms with van der Waals surface area (Å²) in [6, 6.07) is 0. The Kier molecular flexibility index (Phi) is 6.96. The molecular formula is C18H29FN4O7PS+. The molecule has 6 atom stereocenters. The number of halogens is 1. The van der Waals surface area contributed by atoms with E-state index in [0.717, 1.165) is 13.8 Å². The van der Waals surface area contributed by atoms with E-state index in [4.69, 9.17) is 21.5 Å². The van der Waals surface area contributed by atoms with Crippen molar-refractivity contribution in [2.45, 2.75) is 69.1 Å². The zero-order valence-electron chi connectivity index (χ0n) is 18.2. The van der Waals surface area contributed by atoms with Crippen LogP contribution < -0.4 is 4.57 Å². The van der Waals surface area contributed by atoms with Gasteiger partial charge < -0.3 is 24.9 Å². The molecule has 5 N–H and O–H groups in total. The molecule has 1 aliphatic heterocycles. The largest absolute Gasteiger partial charge is 0.387 e. The van der Waals surface area contributed by atoms with Crippen LogP contribution in [0.2, 0.25) is 0 Å². The Bertz CT molecular complexity index is 1080. The van der Waals surface area contributed by atoms with E-state index in [0.29, 0.717) is 15.8 Å². The third-order valence-electron chi connectivity index (χ3n) is 5.80. The molecule has 1 aliphatic rings. The third-order valence-corrected chi connectivity index (χ3v) is 8.12. The van der Waals surface area contributed by atoms with Gasteiger partial charge in [0.15, 0.2) is 22.6 Å². The summed E-state index contributed by atoms with van der Waals surface area (Å²) in [7, 11) is -2.92. The van der Waals surface area contributed by atoms with Crippen LogP contribution in [0.25, 0.3) is 11.2 Å². The maximum absolute atomic E-state index is 14.1. The van der Waals surface area contributed by atoms with Gasteiger partial charge in [0.2, 0.25) is 11.7 Å². The van der Waals surface area contributed by atoms with Crippen molar-refractivity contribution in [2.24, 2.45) is 7.05 Å². The molecule has 180 valence electrons. The van der Waals surface area contributed by atoms with Gasteiger partial charge >= 0.3 is 7.60 Å². The summed E-state index contributed by atoms with van der Waals surface area (Å²) in [5.74, 6) is 0. The van der Waals surface area contributed by atoms with Crippen LogP contribution in [0.3, 0.4) is 0 Å². The molecular weight excluding hydrogens is 466 g/mol. The number of nitrogens with zero attached hydrogens (tertiary/aromatic N) is 3. The van der Waals surface area contributed by atoms with Crippen LogP contribution in [0, 0.1) is 4.64 Å². The lowest BCUT2D eigenvalue weighted by Crippen LogP contribution is -2.46. The minimum atomic E-state index is -4.65. The summed E-state index contributed by atoms with van der Waals surface area (Å²) in [6.07, 6.45) is -2.39. The van der Waals surface area contributed by atoms with Crippen LogP contribution >= 0.6 is 19.8 Å². The predicted molar refractivity (Wildman–Crippen MR) is 113 cm³/mol. The smallest absolute Gasteiger partial charge is 0.359 e. The van der Waals surface area contributed by atoms with Gasteiger partial charge in [0.1, 0.15) is 24.5 Å². The van der Waals surface area contributed by atoms with Crippen molar-refractivity contribution in [1.29, 1.82) is 0 Å². The van der Waals surface area contributed by atoms with Crippen LogP contribution in [0.4, 0.5) is 4.39 Å². The summed E-state index contributed by atoms with van der Waals surface area (Å²) < 4.78 is 41.3. The maximum atomic E-state index is 14.1. The van der Waals surface area contributed by atoms with E-state index in [2.05, 4.69) is 9.97 Å². The van der Waals surface area contributed by atoms with Crippen molar-refractivity contribution in [3.63, 3.8) is 0 Å². The quantitative estimate of drug-likeness (QED) is 0.205. The summed E-state index contributed by atoms with van der Waals surface area (Å²) in [5.41, 5.74) is -0.745. The first kappa shape index (κ1) is 25.3. The zero-order valence-corrected chi connectivity index (χ0v) is 19.9. The number of aromatic amines is 1. The number of ether oxygens (including phenoxy) is 1. The molecule has 3 heterocycles. The molecule has 1 saturated heterocycles. The van der Waals surface area contributed by atoms with Gasteiger partial charge in [-0.1, -0.05) is 19.1 Å². The van der Waals surface area contributed by atoms with Crippen molar-refractivity contribution >= 4 is 31.0 Å². The lowest BCUT2D eigenvalue weighted by molar-refractivity contribution is -0.746. The molecule has 0 amide bonds. The maximum Gasteiger partial charge on any atom is 0.359 e. The fourth-order valence-electron chi connectivity index (χ4n) is 3.68. The molecule has 11 nitrogen and oxygen atoms in total. The first-order valence-corrected chi connectivity index (χ1v) is 12.0. The first-order valence-electron chi connectivity index (χ1n) is 10.0. The van der Waals surface area contributed by atoms with Gasteiger partial charge in [-0.2, -0.15) is 0 Å². The average molecular weight is 495 g/mol. The van der Waals surface area contributed by atoms with E-state index in [9.17, 15) is 29.2 Å². The Morgan fingerprint density at radius 2 is 2.09 bits per heavy atom. The summed E-state index contributed by atoms with van der Waals surface area (Å²) in [6.45, 7) is 2.55. The van der Waals surface area contributed by atoms with Crippen molar-refractivity contribution in [3.8, 4) is 0 Å². The molecule has 0 saturated carbocycles. The molecule has 0 spiro atoms. The number of H-pyrrole nitrogens is 1. The number of aliphatic hydroxyl groups excluding tert-OH is 2. The molecule has 14 heteroatoms. The highest BCUT2D eigenvalue weighted by Gasteiger charge is 2.52. The highest BCUT2D eigenvalue weighted by Crippen LogP contribution is 2.57. The van der Waals surface area contributed by atoms with Crippen molar-refractivity contribution in [1.82, 2.24) is 14.5 Å². The topological polar surface area (TPSA) is 154 Å². The third kappa shape index (κ3) is 4.40. The van der Waals surface area contributed by atoms with Crippen LogP contribution in [0.15, 0.2) is 12.7 Å². The molecule has 2 unspecified atom stereocenters. The Morgan fingerprint density at radius 3 is 2.66 bits per heavy atom. The number of nitrogens with one attached hydrogen (secondary N) is 1. The molecule has 2 aromatic heterocycles. The molecule has 1 fully saturated rings. The normalized spacial score (nSPS) is 28.0. The highest BCUT2D eigenvalue weighted by molar-refractivity contribution is 7.71. The van der Waals surface area contributed by atoms with Gasteiger partial charge in [0, 0.05) is 6.42 Å². The van der Waals surface area contributed by atoms with Gasteiger partial charge in [-0.3, -0.25) is 18.6 Å². The molecule has 3 rings (SSSR count). The van der Waals surface area contributed by atoms with E-state index < -0.39 is 49.8 Å². The molecule has 0 aliphatic carbocycles. The minimum absolute atomic E-state index is 0.0440. The van der Waals surface area contributed by atoms with E-state index in [1.807, 2.05) is 0 Å². The molecule has 32 heavy (non-hydrogen) atoms. The Labute approximate surface area is 189 Å². The molecule has 0 radical (unpaired) electrons. The van der Waals surface area contributed by atoms with E-state index in [1.54, 1.807) is 29.4 Å². The minimum Gasteiger partial charge on any atom is -0.387 e. The standard InChI is InChI=1S/C18H28FN4O7PS/c1-5-18(7-19,30-31(27,28)17(2,3)26)6-10-12(24)13(25)16(29-10)23-9-22(4)11-14(23)20-8-21-15(11)32/h8-10,12-13,16,24-26H,5-7H2,1-4H3,(H-,20,21,27,28,32)/p+1/t10-,12-,13-,16-,18?/m1/s1. The van der Waals surface area contributed by atoms with Crippen LogP contribution in [0.1, 0.15) is 39.8 Å². The number of aryl methyl sites for hydroxylation is 1. The van der Waals surface area contributed by atoms with E-state index in [-0.39, 0.29) is 12.8 Å². The van der Waals surface area contributed by atoms with Crippen LogP contribution in [0.5, 0.6) is 0 Å². The summed E-state index contributed by atoms with van der Waals surface area (Å²) in [5, 5.41) is 29.2. The summed E-state index contributed by atoms with van der Waals surface area (Å²) >= 11 is 5.24. The van der Waals surface area contributed by atoms with Crippen molar-refractivity contribution in [2.75, 3.05) is 6.67 Å². The van der Waals surface area contributed by atoms with Gasteiger partial charge in [-0.05, 0) is 20.3 Å². The zero-order chi connectivity index (χ0) is 24.1. The fraction of sp³-hybridized carbons (Fsp3) is 0.722. The number of imidazole rings is 1. The van der Waals surface area contributed by atoms with Gasteiger partial charge in [-0.15, -0.1) is 0 Å². The van der Waals surface area contributed by atoms with Gasteiger partial charge in [-0.25, -0.2) is 13.9 Å². The highest BCUT2D eigenvalue weighted by atomic mass is 32.1. The number of hydrogen-bond acceptors (Lipinski definition) is 8. The second kappa shape index (κ2) is 8.80. The second-order valence-corrected chi connectivity index (χ2v) is 11.3. The second-order valence-electron chi connectivity index (χ2n) is 8.57. The number of aliphatic hydroxyl groups is 3. The molecule has 0 bridgehead atoms. The SMILES string of the molecule is CCC(CF)(C[C@H]1O[C@@H]([n+]2cn(C)c3c(=S)nc[nH]c32)[C@H](O)[C@@H]1O)OP(=O)(O)C(C)(C)O. The number of rotatable bonds is 8. The van der Waals surface area contributed by atoms with E-state index >= 15 is 0 Å². The van der Waals surface area contributed by atoms with Gasteiger partial charge in [0.25, 0.3) is 5.65 Å². The fourth-order valence-corrected chi connectivity index (χ4v) is 4.97. The average Bonchev–Trinajstić information content (AvgIpc) is 3.18. The Morgan fingerprint density at radius 1 is 1.44 bits per heavy atom. The summed E-state index contributed by atoms with van der Waals surface area (Å²) in [4.78, 5) is 17.1. The number of fused-ring (bicyclic) bond motifs is 1. The predicted octanol–water partition coefficient (Wildman–Crippen LogP) is 0.976. The van der Waals surface area contributed by atoms with E-state index in [1.165, 1.54) is 6.33 Å². The van der Waals surface area contributed by atoms with Crippen molar-refractivity contribution < 1.29 is 43.0 Å². The Hall–Kier alpha value is -1.31. The van der Waals surface area contributed by atoms with Gasteiger partial charge in [0.05, 0.1) is 13.2 Å². The van der Waals surface area contributed by atoms with Crippen LogP contribution in [-0.2, 0) is 20.9 Å². The van der Waals surface area contributed by atoms with Crippen LogP contribution in [-0.4, -0.2) is 70.7 Å². The first-order chi connectivity index (χ1) is 14.8. The van der Waals surface area contributed by atoms with Crippen molar-refractivity contribution in [3.05, 3.63) is 17.3 Å². The monoisotopic (exact) mass is 495 g/mol. The number of alkyl halides is 1. The molecule has 0 aromatic carbocycles.